The zero-order valence-corrected chi connectivity index (χ0v) is 11.4. The van der Waals surface area contributed by atoms with E-state index in [2.05, 4.69) is 15.5 Å². The van der Waals surface area contributed by atoms with Gasteiger partial charge in [-0.3, -0.25) is 9.78 Å². The Morgan fingerprint density at radius 1 is 1.58 bits per heavy atom. The molecule has 0 spiro atoms. The molecule has 1 atom stereocenters. The van der Waals surface area contributed by atoms with E-state index in [1.807, 2.05) is 32.9 Å². The second-order valence-electron chi connectivity index (χ2n) is 4.73. The van der Waals surface area contributed by atoms with Gasteiger partial charge in [-0.2, -0.15) is 0 Å². The lowest BCUT2D eigenvalue weighted by molar-refractivity contribution is -0.124. The van der Waals surface area contributed by atoms with E-state index in [1.165, 1.54) is 0 Å². The fourth-order valence-electron chi connectivity index (χ4n) is 1.83. The lowest BCUT2D eigenvalue weighted by Crippen LogP contribution is -2.41. The lowest BCUT2D eigenvalue weighted by atomic mass is 9.94. The summed E-state index contributed by atoms with van der Waals surface area (Å²) in [7, 11) is 0. The van der Waals surface area contributed by atoms with E-state index in [1.54, 1.807) is 6.20 Å². The van der Waals surface area contributed by atoms with Crippen LogP contribution < -0.4 is 11.1 Å². The minimum Gasteiger partial charge on any atom is -0.409 e. The Morgan fingerprint density at radius 3 is 2.79 bits per heavy atom. The number of amidine groups is 1. The predicted molar refractivity (Wildman–Crippen MR) is 72.6 cm³/mol. The fraction of sp³-hybridized carbons (Fsp3) is 0.462. The van der Waals surface area contributed by atoms with E-state index in [0.717, 1.165) is 11.3 Å². The zero-order valence-electron chi connectivity index (χ0n) is 11.4. The van der Waals surface area contributed by atoms with Crippen LogP contribution in [0.5, 0.6) is 0 Å². The summed E-state index contributed by atoms with van der Waals surface area (Å²) < 4.78 is 0. The van der Waals surface area contributed by atoms with Crippen LogP contribution >= 0.6 is 0 Å². The summed E-state index contributed by atoms with van der Waals surface area (Å²) in [4.78, 5) is 16.3. The largest absolute Gasteiger partial charge is 0.409 e. The van der Waals surface area contributed by atoms with E-state index in [4.69, 9.17) is 10.9 Å². The third-order valence-electron chi connectivity index (χ3n) is 2.93. The number of carbonyl (C=O) groups excluding carboxylic acids is 1. The molecule has 0 saturated carbocycles. The van der Waals surface area contributed by atoms with Gasteiger partial charge in [0.15, 0.2) is 5.84 Å². The molecule has 1 aromatic rings. The highest BCUT2D eigenvalue weighted by molar-refractivity contribution is 6.02. The minimum atomic E-state index is -0.644. The molecular formula is C13H20N4O2. The number of aromatic nitrogens is 1. The van der Waals surface area contributed by atoms with Crippen molar-refractivity contribution in [2.45, 2.75) is 27.3 Å². The first-order chi connectivity index (χ1) is 8.97. The van der Waals surface area contributed by atoms with Crippen molar-refractivity contribution in [3.8, 4) is 0 Å². The van der Waals surface area contributed by atoms with Crippen LogP contribution in [0, 0.1) is 18.8 Å². The Labute approximate surface area is 112 Å². The molecule has 1 amide bonds. The molecule has 1 aromatic heterocycles. The van der Waals surface area contributed by atoms with Crippen molar-refractivity contribution in [1.82, 2.24) is 10.3 Å². The summed E-state index contributed by atoms with van der Waals surface area (Å²) in [6.07, 6.45) is 1.68. The molecule has 0 aliphatic heterocycles. The van der Waals surface area contributed by atoms with Gasteiger partial charge in [0.1, 0.15) is 5.92 Å². The summed E-state index contributed by atoms with van der Waals surface area (Å²) in [6.45, 7) is 5.94. The average Bonchev–Trinajstić information content (AvgIpc) is 2.37. The molecule has 104 valence electrons. The van der Waals surface area contributed by atoms with E-state index in [0.29, 0.717) is 6.54 Å². The first-order valence-electron chi connectivity index (χ1n) is 6.13. The Morgan fingerprint density at radius 2 is 2.26 bits per heavy atom. The van der Waals surface area contributed by atoms with Gasteiger partial charge in [0.2, 0.25) is 5.91 Å². The Hall–Kier alpha value is -2.11. The van der Waals surface area contributed by atoms with Crippen LogP contribution in [0.15, 0.2) is 23.5 Å². The molecular weight excluding hydrogens is 244 g/mol. The summed E-state index contributed by atoms with van der Waals surface area (Å²) in [5.41, 5.74) is 7.35. The van der Waals surface area contributed by atoms with Crippen LogP contribution in [0.2, 0.25) is 0 Å². The molecule has 0 saturated heterocycles. The third kappa shape index (κ3) is 3.94. The van der Waals surface area contributed by atoms with E-state index in [-0.39, 0.29) is 17.7 Å². The number of nitrogens with zero attached hydrogens (tertiary/aromatic N) is 2. The van der Waals surface area contributed by atoms with Crippen molar-refractivity contribution in [3.63, 3.8) is 0 Å². The molecule has 0 aromatic carbocycles. The molecule has 19 heavy (non-hydrogen) atoms. The SMILES string of the molecule is Cc1cccnc1CNC(=O)C(C(N)=NO)C(C)C. The van der Waals surface area contributed by atoms with E-state index >= 15 is 0 Å². The van der Waals surface area contributed by atoms with Gasteiger partial charge in [-0.15, -0.1) is 0 Å². The first-order valence-corrected chi connectivity index (χ1v) is 6.13. The van der Waals surface area contributed by atoms with Crippen molar-refractivity contribution < 1.29 is 10.0 Å². The summed E-state index contributed by atoms with van der Waals surface area (Å²) >= 11 is 0. The second-order valence-corrected chi connectivity index (χ2v) is 4.73. The number of carbonyl (C=O) groups is 1. The van der Waals surface area contributed by atoms with Crippen LogP contribution in [0.4, 0.5) is 0 Å². The van der Waals surface area contributed by atoms with Crippen LogP contribution in [-0.2, 0) is 11.3 Å². The smallest absolute Gasteiger partial charge is 0.231 e. The molecule has 0 aliphatic rings. The fourth-order valence-corrected chi connectivity index (χ4v) is 1.83. The van der Waals surface area contributed by atoms with Gasteiger partial charge >= 0.3 is 0 Å². The molecule has 0 bridgehead atoms. The van der Waals surface area contributed by atoms with Crippen molar-refractivity contribution in [1.29, 1.82) is 0 Å². The lowest BCUT2D eigenvalue weighted by Gasteiger charge is -2.18. The van der Waals surface area contributed by atoms with Crippen LogP contribution in [0.25, 0.3) is 0 Å². The minimum absolute atomic E-state index is 0.0549. The number of nitrogens with two attached hydrogens (primary N) is 1. The highest BCUT2D eigenvalue weighted by Crippen LogP contribution is 2.12. The number of hydrogen-bond acceptors (Lipinski definition) is 4. The van der Waals surface area contributed by atoms with Crippen molar-refractivity contribution in [3.05, 3.63) is 29.6 Å². The van der Waals surface area contributed by atoms with Gasteiger partial charge in [-0.25, -0.2) is 0 Å². The maximum Gasteiger partial charge on any atom is 0.231 e. The monoisotopic (exact) mass is 264 g/mol. The first kappa shape index (κ1) is 14.9. The van der Waals surface area contributed by atoms with Crippen molar-refractivity contribution >= 4 is 11.7 Å². The van der Waals surface area contributed by atoms with Gasteiger partial charge in [0, 0.05) is 6.20 Å². The van der Waals surface area contributed by atoms with Gasteiger partial charge in [-0.1, -0.05) is 25.1 Å². The van der Waals surface area contributed by atoms with Gasteiger partial charge in [-0.05, 0) is 24.5 Å². The van der Waals surface area contributed by atoms with Crippen molar-refractivity contribution in [2.75, 3.05) is 0 Å². The number of rotatable bonds is 5. The van der Waals surface area contributed by atoms with Gasteiger partial charge in [0.05, 0.1) is 12.2 Å². The van der Waals surface area contributed by atoms with Gasteiger partial charge < -0.3 is 16.3 Å². The number of nitrogens with one attached hydrogen (secondary N) is 1. The summed E-state index contributed by atoms with van der Waals surface area (Å²) in [5, 5.41) is 14.4. The maximum absolute atomic E-state index is 12.1. The molecule has 0 aliphatic carbocycles. The summed E-state index contributed by atoms with van der Waals surface area (Å²) in [5.74, 6) is -1.05. The van der Waals surface area contributed by atoms with Crippen LogP contribution in [-0.4, -0.2) is 21.9 Å². The zero-order chi connectivity index (χ0) is 14.4. The Balaban J connectivity index is 2.71. The topological polar surface area (TPSA) is 101 Å². The summed E-state index contributed by atoms with van der Waals surface area (Å²) in [6, 6.07) is 3.77. The molecule has 0 fully saturated rings. The van der Waals surface area contributed by atoms with Gasteiger partial charge in [0.25, 0.3) is 0 Å². The molecule has 4 N–H and O–H groups in total. The molecule has 0 radical (unpaired) electrons. The molecule has 6 heteroatoms. The average molecular weight is 264 g/mol. The molecule has 6 nitrogen and oxygen atoms in total. The normalized spacial score (nSPS) is 13.4. The maximum atomic E-state index is 12.1. The highest BCUT2D eigenvalue weighted by Gasteiger charge is 2.26. The quantitative estimate of drug-likeness (QED) is 0.320. The number of aryl methyl sites for hydroxylation is 1. The number of oxime groups is 1. The van der Waals surface area contributed by atoms with Crippen LogP contribution in [0.3, 0.4) is 0 Å². The number of amides is 1. The number of pyridine rings is 1. The standard InChI is InChI=1S/C13H20N4O2/c1-8(2)11(12(14)17-19)13(18)16-7-10-9(3)5-4-6-15-10/h4-6,8,11,19H,7H2,1-3H3,(H2,14,17)(H,16,18). The van der Waals surface area contributed by atoms with Crippen LogP contribution in [0.1, 0.15) is 25.1 Å². The second kappa shape index (κ2) is 6.72. The van der Waals surface area contributed by atoms with E-state index < -0.39 is 5.92 Å². The highest BCUT2D eigenvalue weighted by atomic mass is 16.4. The predicted octanol–water partition coefficient (Wildman–Crippen LogP) is 1.02. The Bertz CT molecular complexity index is 471. The third-order valence-corrected chi connectivity index (χ3v) is 2.93. The molecule has 1 unspecified atom stereocenters. The number of hydrogen-bond donors (Lipinski definition) is 3. The van der Waals surface area contributed by atoms with E-state index in [9.17, 15) is 4.79 Å². The molecule has 1 rings (SSSR count). The van der Waals surface area contributed by atoms with Crippen molar-refractivity contribution in [2.24, 2.45) is 22.7 Å². The molecule has 1 heterocycles. The Kier molecular flexibility index (Phi) is 5.29.